The van der Waals surface area contributed by atoms with Gasteiger partial charge in [0.05, 0.1) is 6.42 Å². The van der Waals surface area contributed by atoms with Gasteiger partial charge in [-0.2, -0.15) is 0 Å². The highest BCUT2D eigenvalue weighted by Gasteiger charge is 2.01. The van der Waals surface area contributed by atoms with Crippen LogP contribution in [0.2, 0.25) is 0 Å². The van der Waals surface area contributed by atoms with Gasteiger partial charge in [-0.3, -0.25) is 4.79 Å². The quantitative estimate of drug-likeness (QED) is 0.734. The maximum atomic E-state index is 12.5. The number of halogens is 1. The van der Waals surface area contributed by atoms with Gasteiger partial charge < -0.3 is 11.1 Å². The molecule has 3 N–H and O–H groups in total. The summed E-state index contributed by atoms with van der Waals surface area (Å²) in [5, 5.41) is 2.64. The lowest BCUT2D eigenvalue weighted by Crippen LogP contribution is -2.30. The lowest BCUT2D eigenvalue weighted by molar-refractivity contribution is -0.120. The summed E-state index contributed by atoms with van der Waals surface area (Å²) < 4.78 is 12.5. The molecule has 0 aliphatic heterocycles. The molecule has 0 aliphatic rings. The third kappa shape index (κ3) is 3.53. The van der Waals surface area contributed by atoms with Crippen molar-refractivity contribution in [2.24, 2.45) is 5.73 Å². The molecule has 14 heavy (non-hydrogen) atoms. The molecule has 1 rings (SSSR count). The predicted molar refractivity (Wildman–Crippen MR) is 52.2 cm³/mol. The fourth-order valence-electron chi connectivity index (χ4n) is 1.06. The Morgan fingerprint density at radius 2 is 2.00 bits per heavy atom. The molecular weight excluding hydrogens is 183 g/mol. The van der Waals surface area contributed by atoms with Crippen LogP contribution in [-0.2, 0) is 11.2 Å². The molecule has 3 nitrogen and oxygen atoms in total. The molecule has 0 bridgehead atoms. The molecule has 76 valence electrons. The van der Waals surface area contributed by atoms with Crippen molar-refractivity contribution in [2.45, 2.75) is 6.42 Å². The van der Waals surface area contributed by atoms with Crippen molar-refractivity contribution >= 4 is 5.91 Å². The second kappa shape index (κ2) is 5.34. The van der Waals surface area contributed by atoms with E-state index in [1.807, 2.05) is 0 Å². The monoisotopic (exact) mass is 196 g/mol. The number of nitrogens with one attached hydrogen (secondary N) is 1. The first-order valence-electron chi connectivity index (χ1n) is 4.43. The van der Waals surface area contributed by atoms with Gasteiger partial charge >= 0.3 is 0 Å². The Labute approximate surface area is 82.1 Å². The van der Waals surface area contributed by atoms with Crippen molar-refractivity contribution in [1.29, 1.82) is 0 Å². The third-order valence-corrected chi connectivity index (χ3v) is 1.74. The molecular formula is C10H13FN2O. The van der Waals surface area contributed by atoms with Crippen molar-refractivity contribution in [1.82, 2.24) is 5.32 Å². The van der Waals surface area contributed by atoms with Crippen LogP contribution in [-0.4, -0.2) is 19.0 Å². The smallest absolute Gasteiger partial charge is 0.224 e. The summed E-state index contributed by atoms with van der Waals surface area (Å²) in [6.45, 7) is 0.898. The maximum Gasteiger partial charge on any atom is 0.224 e. The van der Waals surface area contributed by atoms with Gasteiger partial charge in [0, 0.05) is 13.1 Å². The zero-order valence-corrected chi connectivity index (χ0v) is 7.79. The highest BCUT2D eigenvalue weighted by Crippen LogP contribution is 2.02. The molecule has 0 heterocycles. The zero-order valence-electron chi connectivity index (χ0n) is 7.79. The molecule has 1 amide bonds. The highest BCUT2D eigenvalue weighted by atomic mass is 19.1. The number of nitrogens with two attached hydrogens (primary N) is 1. The van der Waals surface area contributed by atoms with Gasteiger partial charge in [-0.15, -0.1) is 0 Å². The Morgan fingerprint density at radius 1 is 1.36 bits per heavy atom. The van der Waals surface area contributed by atoms with Gasteiger partial charge in [-0.1, -0.05) is 12.1 Å². The van der Waals surface area contributed by atoms with Gasteiger partial charge in [-0.25, -0.2) is 4.39 Å². The number of carbonyl (C=O) groups excluding carboxylic acids is 1. The summed E-state index contributed by atoms with van der Waals surface area (Å²) in [6.07, 6.45) is 0.264. The summed E-state index contributed by atoms with van der Waals surface area (Å²) in [6, 6.07) is 5.87. The largest absolute Gasteiger partial charge is 0.355 e. The molecule has 0 atom stereocenters. The predicted octanol–water partition coefficient (Wildman–Crippen LogP) is 0.443. The van der Waals surface area contributed by atoms with Crippen molar-refractivity contribution in [3.05, 3.63) is 35.6 Å². The Hall–Kier alpha value is -1.42. The van der Waals surface area contributed by atoms with Gasteiger partial charge in [0.15, 0.2) is 0 Å². The molecule has 0 aromatic heterocycles. The number of benzene rings is 1. The van der Waals surface area contributed by atoms with Crippen LogP contribution in [0.5, 0.6) is 0 Å². The minimum atomic E-state index is -0.295. The number of hydrogen-bond donors (Lipinski definition) is 2. The Balaban J connectivity index is 2.44. The normalized spacial score (nSPS) is 9.86. The van der Waals surface area contributed by atoms with E-state index >= 15 is 0 Å². The van der Waals surface area contributed by atoms with Crippen molar-refractivity contribution in [3.63, 3.8) is 0 Å². The topological polar surface area (TPSA) is 55.1 Å². The summed E-state index contributed by atoms with van der Waals surface area (Å²) in [4.78, 5) is 11.2. The fourth-order valence-corrected chi connectivity index (χ4v) is 1.06. The second-order valence-corrected chi connectivity index (χ2v) is 2.94. The first-order valence-corrected chi connectivity index (χ1v) is 4.43. The third-order valence-electron chi connectivity index (χ3n) is 1.74. The molecule has 0 spiro atoms. The zero-order chi connectivity index (χ0) is 10.4. The maximum absolute atomic E-state index is 12.5. The first-order chi connectivity index (χ1) is 6.72. The summed E-state index contributed by atoms with van der Waals surface area (Å²) >= 11 is 0. The Morgan fingerprint density at radius 3 is 2.57 bits per heavy atom. The van der Waals surface area contributed by atoms with E-state index in [-0.39, 0.29) is 18.1 Å². The van der Waals surface area contributed by atoms with Gasteiger partial charge in [0.2, 0.25) is 5.91 Å². The number of rotatable bonds is 4. The SMILES string of the molecule is NCCNC(=O)Cc1ccc(F)cc1. The summed E-state index contributed by atoms with van der Waals surface area (Å²) in [5.41, 5.74) is 6.02. The standard InChI is InChI=1S/C10H13FN2O/c11-9-3-1-8(2-4-9)7-10(14)13-6-5-12/h1-4H,5-7,12H2,(H,13,14). The average Bonchev–Trinajstić information content (AvgIpc) is 2.18. The summed E-state index contributed by atoms with van der Waals surface area (Å²) in [7, 11) is 0. The molecule has 0 radical (unpaired) electrons. The van der Waals surface area contributed by atoms with Crippen LogP contribution in [0.4, 0.5) is 4.39 Å². The second-order valence-electron chi connectivity index (χ2n) is 2.94. The van der Waals surface area contributed by atoms with E-state index in [0.29, 0.717) is 13.1 Å². The van der Waals surface area contributed by atoms with E-state index in [1.54, 1.807) is 12.1 Å². The van der Waals surface area contributed by atoms with E-state index in [9.17, 15) is 9.18 Å². The highest BCUT2D eigenvalue weighted by molar-refractivity contribution is 5.78. The van der Waals surface area contributed by atoms with Crippen LogP contribution in [0.15, 0.2) is 24.3 Å². The number of amides is 1. The molecule has 1 aromatic rings. The van der Waals surface area contributed by atoms with Crippen LogP contribution in [0.1, 0.15) is 5.56 Å². The van der Waals surface area contributed by atoms with E-state index < -0.39 is 0 Å². The van der Waals surface area contributed by atoms with Gasteiger partial charge in [0.25, 0.3) is 0 Å². The average molecular weight is 196 g/mol. The van der Waals surface area contributed by atoms with Crippen LogP contribution in [0.3, 0.4) is 0 Å². The lowest BCUT2D eigenvalue weighted by atomic mass is 10.1. The minimum absolute atomic E-state index is 0.0953. The van der Waals surface area contributed by atoms with Crippen LogP contribution in [0, 0.1) is 5.82 Å². The van der Waals surface area contributed by atoms with Crippen molar-refractivity contribution < 1.29 is 9.18 Å². The molecule has 4 heteroatoms. The van der Waals surface area contributed by atoms with Gasteiger partial charge in [-0.05, 0) is 17.7 Å². The first kappa shape index (κ1) is 10.7. The van der Waals surface area contributed by atoms with Gasteiger partial charge in [0.1, 0.15) is 5.82 Å². The lowest BCUT2D eigenvalue weighted by Gasteiger charge is -2.03. The Bertz CT molecular complexity index is 297. The molecule has 0 saturated heterocycles. The van der Waals surface area contributed by atoms with Crippen LogP contribution in [0.25, 0.3) is 0 Å². The Kier molecular flexibility index (Phi) is 4.07. The van der Waals surface area contributed by atoms with E-state index in [2.05, 4.69) is 5.32 Å². The van der Waals surface area contributed by atoms with Crippen molar-refractivity contribution in [3.8, 4) is 0 Å². The fraction of sp³-hybridized carbons (Fsp3) is 0.300. The molecule has 1 aromatic carbocycles. The van der Waals surface area contributed by atoms with Crippen LogP contribution >= 0.6 is 0 Å². The van der Waals surface area contributed by atoms with Crippen molar-refractivity contribution in [2.75, 3.05) is 13.1 Å². The minimum Gasteiger partial charge on any atom is -0.355 e. The van der Waals surface area contributed by atoms with E-state index in [4.69, 9.17) is 5.73 Å². The van der Waals surface area contributed by atoms with E-state index in [0.717, 1.165) is 5.56 Å². The summed E-state index contributed by atoms with van der Waals surface area (Å²) in [5.74, 6) is -0.391. The molecule has 0 unspecified atom stereocenters. The van der Waals surface area contributed by atoms with E-state index in [1.165, 1.54) is 12.1 Å². The molecule has 0 fully saturated rings. The molecule has 0 saturated carbocycles. The van der Waals surface area contributed by atoms with Crippen LogP contribution < -0.4 is 11.1 Å². The number of carbonyl (C=O) groups is 1. The number of hydrogen-bond acceptors (Lipinski definition) is 2. The molecule has 0 aliphatic carbocycles.